The van der Waals surface area contributed by atoms with Gasteiger partial charge in [0.15, 0.2) is 0 Å². The molecule has 0 amide bonds. The van der Waals surface area contributed by atoms with Crippen LogP contribution in [0.2, 0.25) is 0 Å². The highest BCUT2D eigenvalue weighted by Gasteiger charge is 2.15. The fourth-order valence-corrected chi connectivity index (χ4v) is 5.84. The Labute approximate surface area is 243 Å². The van der Waals surface area contributed by atoms with E-state index in [4.69, 9.17) is 0 Å². The molecule has 0 aliphatic rings. The average molecular weight is 577 g/mol. The van der Waals surface area contributed by atoms with Crippen molar-refractivity contribution in [3.8, 4) is 22.3 Å². The molecule has 2 heteroatoms. The van der Waals surface area contributed by atoms with Gasteiger partial charge in [-0.15, -0.1) is 0 Å². The number of halogens is 1. The second-order valence-corrected chi connectivity index (χ2v) is 10.9. The minimum Gasteiger partial charge on any atom is -0.310 e. The van der Waals surface area contributed by atoms with Gasteiger partial charge in [-0.25, -0.2) is 0 Å². The lowest BCUT2D eigenvalue weighted by Gasteiger charge is -2.26. The zero-order valence-corrected chi connectivity index (χ0v) is 23.4. The predicted molar refractivity (Wildman–Crippen MR) is 175 cm³/mol. The number of hydrogen-bond donors (Lipinski definition) is 0. The van der Waals surface area contributed by atoms with Crippen LogP contribution in [-0.2, 0) is 0 Å². The lowest BCUT2D eigenvalue weighted by molar-refractivity contribution is 1.28. The van der Waals surface area contributed by atoms with E-state index >= 15 is 0 Å². The fraction of sp³-hybridized carbons (Fsp3) is 0. The molecule has 190 valence electrons. The van der Waals surface area contributed by atoms with E-state index in [0.29, 0.717) is 0 Å². The summed E-state index contributed by atoms with van der Waals surface area (Å²) in [6, 6.07) is 56.5. The summed E-state index contributed by atoms with van der Waals surface area (Å²) in [5.41, 5.74) is 8.20. The summed E-state index contributed by atoms with van der Waals surface area (Å²) in [7, 11) is 0. The van der Waals surface area contributed by atoms with Crippen molar-refractivity contribution >= 4 is 54.5 Å². The topological polar surface area (TPSA) is 3.24 Å². The molecule has 0 aliphatic heterocycles. The highest BCUT2D eigenvalue weighted by Crippen LogP contribution is 2.40. The minimum atomic E-state index is 1.06. The molecule has 0 saturated heterocycles. The molecule has 0 heterocycles. The molecule has 0 bridgehead atoms. The Balaban J connectivity index is 1.38. The van der Waals surface area contributed by atoms with E-state index in [9.17, 15) is 0 Å². The molecule has 7 aromatic rings. The molecule has 7 rings (SSSR count). The smallest absolute Gasteiger partial charge is 0.0467 e. The summed E-state index contributed by atoms with van der Waals surface area (Å²) >= 11 is 3.61. The lowest BCUT2D eigenvalue weighted by Crippen LogP contribution is -2.09. The summed E-state index contributed by atoms with van der Waals surface area (Å²) in [6.45, 7) is 0. The third-order valence-electron chi connectivity index (χ3n) is 7.50. The van der Waals surface area contributed by atoms with Crippen molar-refractivity contribution in [1.29, 1.82) is 0 Å². The number of benzene rings is 7. The highest BCUT2D eigenvalue weighted by molar-refractivity contribution is 9.10. The second kappa shape index (κ2) is 10.5. The molecule has 1 nitrogen and oxygen atoms in total. The molecular weight excluding hydrogens is 550 g/mol. The first kappa shape index (κ1) is 24.4. The van der Waals surface area contributed by atoms with Gasteiger partial charge >= 0.3 is 0 Å². The molecule has 40 heavy (non-hydrogen) atoms. The number of fused-ring (bicyclic) bond motifs is 3. The molecule has 0 aromatic heterocycles. The Kier molecular flexibility index (Phi) is 6.39. The molecule has 0 saturated carbocycles. The number of rotatable bonds is 5. The molecule has 0 radical (unpaired) electrons. The molecule has 0 N–H and O–H groups in total. The van der Waals surface area contributed by atoms with Gasteiger partial charge in [-0.2, -0.15) is 0 Å². The maximum atomic E-state index is 3.61. The van der Waals surface area contributed by atoms with Gasteiger partial charge in [-0.1, -0.05) is 119 Å². The van der Waals surface area contributed by atoms with Crippen molar-refractivity contribution in [2.45, 2.75) is 0 Å². The maximum Gasteiger partial charge on any atom is 0.0467 e. The van der Waals surface area contributed by atoms with Crippen molar-refractivity contribution in [2.75, 3.05) is 4.90 Å². The lowest BCUT2D eigenvalue weighted by atomic mass is 9.93. The molecular formula is C38H26BrN. The summed E-state index contributed by atoms with van der Waals surface area (Å²) in [6.07, 6.45) is 0. The zero-order valence-electron chi connectivity index (χ0n) is 21.8. The van der Waals surface area contributed by atoms with Crippen molar-refractivity contribution in [2.24, 2.45) is 0 Å². The van der Waals surface area contributed by atoms with E-state index in [0.717, 1.165) is 21.5 Å². The third kappa shape index (κ3) is 4.57. The standard InChI is InChI=1S/C38H26BrN/c39-31-19-23-33(24-20-31)40(32-21-17-28(18-22-32)27-9-2-1-3-10-27)34-13-8-12-29(25-34)38-26-30-11-4-5-14-35(30)36-15-6-7-16-37(36)38/h1-26H. The quantitative estimate of drug-likeness (QED) is 0.184. The van der Waals surface area contributed by atoms with E-state index in [1.54, 1.807) is 0 Å². The van der Waals surface area contributed by atoms with Crippen LogP contribution in [0.1, 0.15) is 0 Å². The van der Waals surface area contributed by atoms with E-state index in [1.165, 1.54) is 43.8 Å². The van der Waals surface area contributed by atoms with E-state index in [-0.39, 0.29) is 0 Å². The molecule has 0 unspecified atom stereocenters. The fourth-order valence-electron chi connectivity index (χ4n) is 5.58. The molecule has 7 aromatic carbocycles. The van der Waals surface area contributed by atoms with Crippen molar-refractivity contribution in [1.82, 2.24) is 0 Å². The van der Waals surface area contributed by atoms with Crippen LogP contribution in [0.4, 0.5) is 17.1 Å². The van der Waals surface area contributed by atoms with Gasteiger partial charge in [-0.05, 0) is 98.4 Å². The molecule has 0 atom stereocenters. The second-order valence-electron chi connectivity index (χ2n) is 9.97. The van der Waals surface area contributed by atoms with Gasteiger partial charge in [0, 0.05) is 21.5 Å². The molecule has 0 fully saturated rings. The Morgan fingerprint density at radius 2 is 0.950 bits per heavy atom. The first-order valence-corrected chi connectivity index (χ1v) is 14.3. The maximum absolute atomic E-state index is 3.61. The number of nitrogens with zero attached hydrogens (tertiary/aromatic N) is 1. The van der Waals surface area contributed by atoms with Crippen LogP contribution < -0.4 is 4.90 Å². The van der Waals surface area contributed by atoms with Crippen molar-refractivity contribution in [3.05, 3.63) is 162 Å². The van der Waals surface area contributed by atoms with Crippen LogP contribution in [0.3, 0.4) is 0 Å². The van der Waals surface area contributed by atoms with E-state index in [1.807, 2.05) is 0 Å². The Hall–Kier alpha value is -4.66. The summed E-state index contributed by atoms with van der Waals surface area (Å²) in [5.74, 6) is 0. The third-order valence-corrected chi connectivity index (χ3v) is 8.03. The van der Waals surface area contributed by atoms with E-state index < -0.39 is 0 Å². The number of anilines is 3. The first-order valence-electron chi connectivity index (χ1n) is 13.5. The van der Waals surface area contributed by atoms with Crippen LogP contribution in [0, 0.1) is 0 Å². The SMILES string of the molecule is Brc1ccc(N(c2ccc(-c3ccccc3)cc2)c2cccc(-c3cc4ccccc4c4ccccc34)c2)cc1. The Morgan fingerprint density at radius 1 is 0.375 bits per heavy atom. The first-order chi connectivity index (χ1) is 19.7. The summed E-state index contributed by atoms with van der Waals surface area (Å²) in [5, 5.41) is 5.08. The molecule has 0 spiro atoms. The van der Waals surface area contributed by atoms with Gasteiger partial charge < -0.3 is 4.90 Å². The van der Waals surface area contributed by atoms with Gasteiger partial charge in [0.1, 0.15) is 0 Å². The van der Waals surface area contributed by atoms with Crippen LogP contribution in [-0.4, -0.2) is 0 Å². The highest BCUT2D eigenvalue weighted by atomic mass is 79.9. The van der Waals surface area contributed by atoms with Crippen molar-refractivity contribution in [3.63, 3.8) is 0 Å². The van der Waals surface area contributed by atoms with Crippen LogP contribution in [0.5, 0.6) is 0 Å². The normalized spacial score (nSPS) is 11.1. The Morgan fingerprint density at radius 3 is 1.70 bits per heavy atom. The average Bonchev–Trinajstić information content (AvgIpc) is 3.03. The summed E-state index contributed by atoms with van der Waals surface area (Å²) in [4.78, 5) is 2.33. The van der Waals surface area contributed by atoms with Crippen molar-refractivity contribution < 1.29 is 0 Å². The van der Waals surface area contributed by atoms with Gasteiger partial charge in [-0.3, -0.25) is 0 Å². The van der Waals surface area contributed by atoms with Gasteiger partial charge in [0.05, 0.1) is 0 Å². The Bertz CT molecular complexity index is 1940. The zero-order chi connectivity index (χ0) is 26.9. The van der Waals surface area contributed by atoms with Gasteiger partial charge in [0.25, 0.3) is 0 Å². The van der Waals surface area contributed by atoms with Gasteiger partial charge in [0.2, 0.25) is 0 Å². The van der Waals surface area contributed by atoms with Crippen LogP contribution in [0.15, 0.2) is 162 Å². The largest absolute Gasteiger partial charge is 0.310 e. The van der Waals surface area contributed by atoms with E-state index in [2.05, 4.69) is 179 Å². The summed E-state index contributed by atoms with van der Waals surface area (Å²) < 4.78 is 1.06. The minimum absolute atomic E-state index is 1.06. The monoisotopic (exact) mass is 575 g/mol. The van der Waals surface area contributed by atoms with Crippen LogP contribution >= 0.6 is 15.9 Å². The predicted octanol–water partition coefficient (Wildman–Crippen LogP) is 11.6. The van der Waals surface area contributed by atoms with Crippen LogP contribution in [0.25, 0.3) is 43.8 Å². The molecule has 0 aliphatic carbocycles. The number of hydrogen-bond acceptors (Lipinski definition) is 1.